The van der Waals surface area contributed by atoms with Crippen LogP contribution in [-0.4, -0.2) is 25.2 Å². The first kappa shape index (κ1) is 23.7. The zero-order valence-corrected chi connectivity index (χ0v) is 18.3. The number of benzene rings is 2. The van der Waals surface area contributed by atoms with Crippen LogP contribution in [0.3, 0.4) is 0 Å². The van der Waals surface area contributed by atoms with Crippen LogP contribution >= 0.6 is 0 Å². The normalized spacial score (nSPS) is 10.6. The van der Waals surface area contributed by atoms with Crippen LogP contribution < -0.4 is 0 Å². The Kier molecular flexibility index (Phi) is 10.7. The molecule has 162 valence electrons. The highest BCUT2D eigenvalue weighted by Gasteiger charge is 2.04. The van der Waals surface area contributed by atoms with Crippen LogP contribution in [-0.2, 0) is 44.7 Å². The Morgan fingerprint density at radius 3 is 1.17 bits per heavy atom. The SMILES string of the molecule is CCOC(=O)CCc1ccc(CCCCc2ccc(CCC(=O)OCC)cc2)cc1. The third kappa shape index (κ3) is 9.25. The van der Waals surface area contributed by atoms with Crippen molar-refractivity contribution in [1.29, 1.82) is 0 Å². The molecule has 0 fully saturated rings. The van der Waals surface area contributed by atoms with Crippen LogP contribution in [0, 0.1) is 0 Å². The lowest BCUT2D eigenvalue weighted by molar-refractivity contribution is -0.144. The first-order chi connectivity index (χ1) is 14.6. The van der Waals surface area contributed by atoms with Crippen molar-refractivity contribution in [3.05, 3.63) is 70.8 Å². The standard InChI is InChI=1S/C26H34O4/c1-3-29-25(27)19-17-23-13-9-21(10-14-23)7-5-6-8-22-11-15-24(16-12-22)18-20-26(28)30-4-2/h9-16H,3-8,17-20H2,1-2H3. The molecule has 0 atom stereocenters. The summed E-state index contributed by atoms with van der Waals surface area (Å²) in [5.74, 6) is -0.262. The van der Waals surface area contributed by atoms with Gasteiger partial charge in [0.1, 0.15) is 0 Å². The summed E-state index contributed by atoms with van der Waals surface area (Å²) in [4.78, 5) is 22.9. The maximum atomic E-state index is 11.4. The fraction of sp³-hybridized carbons (Fsp3) is 0.462. The van der Waals surface area contributed by atoms with Crippen molar-refractivity contribution in [2.45, 2.75) is 65.2 Å². The summed E-state index contributed by atoms with van der Waals surface area (Å²) >= 11 is 0. The van der Waals surface area contributed by atoms with E-state index in [2.05, 4.69) is 48.5 Å². The third-order valence-corrected chi connectivity index (χ3v) is 5.07. The van der Waals surface area contributed by atoms with Crippen LogP contribution in [0.25, 0.3) is 0 Å². The van der Waals surface area contributed by atoms with Gasteiger partial charge in [0, 0.05) is 12.8 Å². The minimum atomic E-state index is -0.131. The zero-order valence-electron chi connectivity index (χ0n) is 18.3. The fourth-order valence-corrected chi connectivity index (χ4v) is 3.36. The molecule has 2 rings (SSSR count). The Morgan fingerprint density at radius 1 is 0.567 bits per heavy atom. The maximum Gasteiger partial charge on any atom is 0.306 e. The predicted octanol–water partition coefficient (Wildman–Crippen LogP) is 5.24. The summed E-state index contributed by atoms with van der Waals surface area (Å²) in [5, 5.41) is 0. The van der Waals surface area contributed by atoms with Crippen molar-refractivity contribution < 1.29 is 19.1 Å². The zero-order chi connectivity index (χ0) is 21.6. The van der Waals surface area contributed by atoms with Crippen molar-refractivity contribution in [2.24, 2.45) is 0 Å². The van der Waals surface area contributed by atoms with Gasteiger partial charge in [-0.25, -0.2) is 0 Å². The summed E-state index contributed by atoms with van der Waals surface area (Å²) in [7, 11) is 0. The second-order valence-corrected chi connectivity index (χ2v) is 7.45. The molecule has 0 aliphatic carbocycles. The number of carbonyl (C=O) groups excluding carboxylic acids is 2. The summed E-state index contributed by atoms with van der Waals surface area (Å²) in [5.41, 5.74) is 5.03. The van der Waals surface area contributed by atoms with E-state index in [4.69, 9.17) is 9.47 Å². The van der Waals surface area contributed by atoms with E-state index in [1.165, 1.54) is 22.3 Å². The Hall–Kier alpha value is -2.62. The molecule has 0 aliphatic heterocycles. The number of carbonyl (C=O) groups is 2. The number of esters is 2. The Balaban J connectivity index is 1.64. The second kappa shape index (κ2) is 13.6. The van der Waals surface area contributed by atoms with Crippen molar-refractivity contribution in [2.75, 3.05) is 13.2 Å². The Labute approximate surface area is 180 Å². The molecular formula is C26H34O4. The number of ether oxygens (including phenoxy) is 2. The lowest BCUT2D eigenvalue weighted by Gasteiger charge is -2.06. The first-order valence-electron chi connectivity index (χ1n) is 11.1. The van der Waals surface area contributed by atoms with Crippen LogP contribution in [0.5, 0.6) is 0 Å². The molecule has 0 aromatic heterocycles. The van der Waals surface area contributed by atoms with E-state index in [1.54, 1.807) is 0 Å². The number of rotatable bonds is 13. The molecule has 0 spiro atoms. The van der Waals surface area contributed by atoms with Gasteiger partial charge in [-0.2, -0.15) is 0 Å². The van der Waals surface area contributed by atoms with E-state index in [0.717, 1.165) is 38.5 Å². The van der Waals surface area contributed by atoms with Crippen LogP contribution in [0.2, 0.25) is 0 Å². The molecule has 30 heavy (non-hydrogen) atoms. The van der Waals surface area contributed by atoms with Gasteiger partial charge in [0.2, 0.25) is 0 Å². The molecule has 4 heteroatoms. The molecule has 0 radical (unpaired) electrons. The molecule has 4 nitrogen and oxygen atoms in total. The number of aryl methyl sites for hydroxylation is 4. The summed E-state index contributed by atoms with van der Waals surface area (Å²) in [6.07, 6.45) is 6.76. The molecule has 0 saturated heterocycles. The third-order valence-electron chi connectivity index (χ3n) is 5.07. The molecule has 0 N–H and O–H groups in total. The average molecular weight is 411 g/mol. The highest BCUT2D eigenvalue weighted by molar-refractivity contribution is 5.70. The van der Waals surface area contributed by atoms with Crippen molar-refractivity contribution in [3.8, 4) is 0 Å². The van der Waals surface area contributed by atoms with E-state index in [1.807, 2.05) is 13.8 Å². The fourth-order valence-electron chi connectivity index (χ4n) is 3.36. The molecule has 2 aromatic rings. The van der Waals surface area contributed by atoms with Gasteiger partial charge in [-0.1, -0.05) is 48.5 Å². The van der Waals surface area contributed by atoms with Gasteiger partial charge in [-0.15, -0.1) is 0 Å². The Morgan fingerprint density at radius 2 is 0.867 bits per heavy atom. The van der Waals surface area contributed by atoms with Gasteiger partial charge in [-0.3, -0.25) is 9.59 Å². The van der Waals surface area contributed by atoms with Crippen molar-refractivity contribution in [3.63, 3.8) is 0 Å². The highest BCUT2D eigenvalue weighted by Crippen LogP contribution is 2.13. The van der Waals surface area contributed by atoms with Crippen LogP contribution in [0.4, 0.5) is 0 Å². The van der Waals surface area contributed by atoms with Gasteiger partial charge in [-0.05, 0) is 74.6 Å². The number of hydrogen-bond acceptors (Lipinski definition) is 4. The summed E-state index contributed by atoms with van der Waals surface area (Å²) < 4.78 is 9.94. The van der Waals surface area contributed by atoms with Gasteiger partial charge >= 0.3 is 11.9 Å². The van der Waals surface area contributed by atoms with Gasteiger partial charge in [0.25, 0.3) is 0 Å². The summed E-state index contributed by atoms with van der Waals surface area (Å²) in [6, 6.07) is 17.1. The topological polar surface area (TPSA) is 52.6 Å². The smallest absolute Gasteiger partial charge is 0.306 e. The second-order valence-electron chi connectivity index (χ2n) is 7.45. The maximum absolute atomic E-state index is 11.4. The van der Waals surface area contributed by atoms with Gasteiger partial charge in [0.05, 0.1) is 13.2 Å². The Bertz CT molecular complexity index is 695. The minimum absolute atomic E-state index is 0.131. The molecule has 0 bridgehead atoms. The first-order valence-corrected chi connectivity index (χ1v) is 11.1. The van der Waals surface area contributed by atoms with Gasteiger partial charge < -0.3 is 9.47 Å². The lowest BCUT2D eigenvalue weighted by atomic mass is 10.0. The molecule has 0 heterocycles. The molecule has 0 saturated carbocycles. The van der Waals surface area contributed by atoms with Crippen molar-refractivity contribution >= 4 is 11.9 Å². The largest absolute Gasteiger partial charge is 0.466 e. The van der Waals surface area contributed by atoms with Crippen LogP contribution in [0.15, 0.2) is 48.5 Å². The number of unbranched alkanes of at least 4 members (excludes halogenated alkanes) is 1. The minimum Gasteiger partial charge on any atom is -0.466 e. The monoisotopic (exact) mass is 410 g/mol. The molecule has 0 aliphatic rings. The average Bonchev–Trinajstić information content (AvgIpc) is 2.76. The number of hydrogen-bond donors (Lipinski definition) is 0. The quantitative estimate of drug-likeness (QED) is 0.335. The van der Waals surface area contributed by atoms with Crippen LogP contribution in [0.1, 0.15) is 61.8 Å². The van der Waals surface area contributed by atoms with E-state index in [0.29, 0.717) is 26.1 Å². The van der Waals surface area contributed by atoms with Gasteiger partial charge in [0.15, 0.2) is 0 Å². The van der Waals surface area contributed by atoms with E-state index in [9.17, 15) is 9.59 Å². The van der Waals surface area contributed by atoms with E-state index >= 15 is 0 Å². The molecule has 2 aromatic carbocycles. The summed E-state index contributed by atoms with van der Waals surface area (Å²) in [6.45, 7) is 4.54. The van der Waals surface area contributed by atoms with E-state index < -0.39 is 0 Å². The molecular weight excluding hydrogens is 376 g/mol. The van der Waals surface area contributed by atoms with E-state index in [-0.39, 0.29) is 11.9 Å². The highest BCUT2D eigenvalue weighted by atomic mass is 16.5. The lowest BCUT2D eigenvalue weighted by Crippen LogP contribution is -2.05. The molecule has 0 amide bonds. The predicted molar refractivity (Wildman–Crippen MR) is 119 cm³/mol. The van der Waals surface area contributed by atoms with Crippen molar-refractivity contribution in [1.82, 2.24) is 0 Å². The molecule has 0 unspecified atom stereocenters.